The summed E-state index contributed by atoms with van der Waals surface area (Å²) in [6.07, 6.45) is -2.27. The first-order valence-electron chi connectivity index (χ1n) is 7.58. The van der Waals surface area contributed by atoms with Gasteiger partial charge in [0.15, 0.2) is 6.10 Å². The van der Waals surface area contributed by atoms with Crippen molar-refractivity contribution in [2.24, 2.45) is 0 Å². The Morgan fingerprint density at radius 1 is 1.20 bits per heavy atom. The van der Waals surface area contributed by atoms with Crippen LogP contribution in [0.25, 0.3) is 0 Å². The number of hydrogen-bond acceptors (Lipinski definition) is 6. The molecule has 0 saturated carbocycles. The van der Waals surface area contributed by atoms with Crippen LogP contribution in [0, 0.1) is 0 Å². The van der Waals surface area contributed by atoms with Crippen LogP contribution in [-0.2, 0) is 20.9 Å². The van der Waals surface area contributed by atoms with Gasteiger partial charge in [-0.05, 0) is 40.5 Å². The number of esters is 1. The van der Waals surface area contributed by atoms with E-state index < -0.39 is 24.2 Å². The quantitative estimate of drug-likeness (QED) is 0.661. The second-order valence-corrected chi connectivity index (χ2v) is 7.52. The molecule has 0 unspecified atom stereocenters. The summed E-state index contributed by atoms with van der Waals surface area (Å²) in [6.45, 7) is 1.86. The topological polar surface area (TPSA) is 84.9 Å². The number of carbonyl (C=O) groups excluding carboxylic acids is 2. The van der Waals surface area contributed by atoms with Crippen LogP contribution in [0.5, 0.6) is 0 Å². The van der Waals surface area contributed by atoms with Gasteiger partial charge in [-0.1, -0.05) is 30.3 Å². The summed E-state index contributed by atoms with van der Waals surface area (Å²) in [5.41, 5.74) is 0.832. The fourth-order valence-electron chi connectivity index (χ4n) is 2.06. The van der Waals surface area contributed by atoms with E-state index in [0.29, 0.717) is 4.88 Å². The van der Waals surface area contributed by atoms with Gasteiger partial charge < -0.3 is 19.9 Å². The highest BCUT2D eigenvalue weighted by atomic mass is 79.9. The van der Waals surface area contributed by atoms with Crippen LogP contribution in [0.2, 0.25) is 0 Å². The molecule has 0 fully saturated rings. The number of benzene rings is 1. The molecule has 25 heavy (non-hydrogen) atoms. The minimum absolute atomic E-state index is 0.0863. The van der Waals surface area contributed by atoms with E-state index in [1.165, 1.54) is 11.3 Å². The molecule has 0 aliphatic heterocycles. The SMILES string of the molecule is CCOC(=O)[C@H](O)[C@H](NC(=O)OCc1ccccc1)c1ccc(Br)s1. The molecule has 0 aliphatic rings. The molecule has 0 aliphatic carbocycles. The third-order valence-electron chi connectivity index (χ3n) is 3.23. The summed E-state index contributed by atoms with van der Waals surface area (Å²) in [5.74, 6) is -0.805. The molecular weight excluding hydrogens is 410 g/mol. The molecule has 0 radical (unpaired) electrons. The van der Waals surface area contributed by atoms with Crippen LogP contribution in [-0.4, -0.2) is 29.9 Å². The molecule has 2 aromatic rings. The zero-order chi connectivity index (χ0) is 18.2. The Balaban J connectivity index is 2.04. The molecule has 8 heteroatoms. The lowest BCUT2D eigenvalue weighted by atomic mass is 10.1. The predicted octanol–water partition coefficient (Wildman–Crippen LogP) is 3.40. The molecule has 2 atom stereocenters. The highest BCUT2D eigenvalue weighted by Crippen LogP contribution is 2.29. The number of ether oxygens (including phenoxy) is 2. The number of rotatable bonds is 7. The van der Waals surface area contributed by atoms with E-state index in [0.717, 1.165) is 9.35 Å². The average Bonchev–Trinajstić information content (AvgIpc) is 3.04. The fourth-order valence-corrected chi connectivity index (χ4v) is 3.56. The minimum atomic E-state index is -1.53. The van der Waals surface area contributed by atoms with Gasteiger partial charge in [0.25, 0.3) is 0 Å². The Bertz CT molecular complexity index is 706. The summed E-state index contributed by atoms with van der Waals surface area (Å²) in [7, 11) is 0. The maximum Gasteiger partial charge on any atom is 0.408 e. The summed E-state index contributed by atoms with van der Waals surface area (Å²) >= 11 is 4.62. The number of aliphatic hydroxyl groups is 1. The van der Waals surface area contributed by atoms with Crippen LogP contribution in [0.1, 0.15) is 23.4 Å². The van der Waals surface area contributed by atoms with Crippen molar-refractivity contribution in [3.8, 4) is 0 Å². The first kappa shape index (κ1) is 19.4. The molecule has 0 spiro atoms. The van der Waals surface area contributed by atoms with Crippen molar-refractivity contribution >= 4 is 39.3 Å². The Hall–Kier alpha value is -1.90. The number of alkyl carbamates (subject to hydrolysis) is 1. The Labute approximate surface area is 157 Å². The lowest BCUT2D eigenvalue weighted by molar-refractivity contribution is -0.154. The van der Waals surface area contributed by atoms with Crippen LogP contribution >= 0.6 is 27.3 Å². The van der Waals surface area contributed by atoms with Gasteiger partial charge in [-0.25, -0.2) is 9.59 Å². The van der Waals surface area contributed by atoms with Gasteiger partial charge in [0.1, 0.15) is 12.6 Å². The first-order chi connectivity index (χ1) is 12.0. The summed E-state index contributed by atoms with van der Waals surface area (Å²) in [4.78, 5) is 24.5. The Morgan fingerprint density at radius 2 is 1.92 bits per heavy atom. The maximum atomic E-state index is 12.1. The monoisotopic (exact) mass is 427 g/mol. The van der Waals surface area contributed by atoms with Crippen molar-refractivity contribution in [3.63, 3.8) is 0 Å². The summed E-state index contributed by atoms with van der Waals surface area (Å²) < 4.78 is 10.8. The standard InChI is InChI=1S/C17H18BrNO5S/c1-2-23-16(21)15(20)14(12-8-9-13(18)25-12)19-17(22)24-10-11-6-4-3-5-7-11/h3-9,14-15,20H,2,10H2,1H3,(H,19,22)/t14-,15-/m1/s1. The molecule has 1 amide bonds. The van der Waals surface area contributed by atoms with Gasteiger partial charge in [0.2, 0.25) is 0 Å². The van der Waals surface area contributed by atoms with Crippen LogP contribution in [0.15, 0.2) is 46.3 Å². The van der Waals surface area contributed by atoms with E-state index in [9.17, 15) is 14.7 Å². The maximum absolute atomic E-state index is 12.1. The number of hydrogen-bond donors (Lipinski definition) is 2. The van der Waals surface area contributed by atoms with Crippen molar-refractivity contribution < 1.29 is 24.2 Å². The van der Waals surface area contributed by atoms with Gasteiger partial charge in [-0.15, -0.1) is 11.3 Å². The predicted molar refractivity (Wildman–Crippen MR) is 97.2 cm³/mol. The molecule has 2 N–H and O–H groups in total. The van der Waals surface area contributed by atoms with Crippen molar-refractivity contribution in [2.45, 2.75) is 25.7 Å². The van der Waals surface area contributed by atoms with E-state index in [1.54, 1.807) is 19.1 Å². The van der Waals surface area contributed by atoms with E-state index in [1.807, 2.05) is 30.3 Å². The molecule has 1 aromatic carbocycles. The lowest BCUT2D eigenvalue weighted by Gasteiger charge is -2.21. The number of halogens is 1. The van der Waals surface area contributed by atoms with E-state index in [2.05, 4.69) is 21.2 Å². The van der Waals surface area contributed by atoms with Crippen LogP contribution < -0.4 is 5.32 Å². The van der Waals surface area contributed by atoms with Crippen LogP contribution in [0.4, 0.5) is 4.79 Å². The zero-order valence-corrected chi connectivity index (χ0v) is 15.9. The molecule has 1 aromatic heterocycles. The minimum Gasteiger partial charge on any atom is -0.464 e. The second kappa shape index (κ2) is 9.55. The summed E-state index contributed by atoms with van der Waals surface area (Å²) in [5, 5.41) is 12.8. The summed E-state index contributed by atoms with van der Waals surface area (Å²) in [6, 6.07) is 11.7. The van der Waals surface area contributed by atoms with E-state index in [-0.39, 0.29) is 13.2 Å². The lowest BCUT2D eigenvalue weighted by Crippen LogP contribution is -2.41. The number of carbonyl (C=O) groups is 2. The normalized spacial score (nSPS) is 12.9. The largest absolute Gasteiger partial charge is 0.464 e. The average molecular weight is 428 g/mol. The highest BCUT2D eigenvalue weighted by Gasteiger charge is 2.31. The van der Waals surface area contributed by atoms with E-state index >= 15 is 0 Å². The van der Waals surface area contributed by atoms with Crippen molar-refractivity contribution in [2.75, 3.05) is 6.61 Å². The van der Waals surface area contributed by atoms with Gasteiger partial charge in [-0.3, -0.25) is 0 Å². The van der Waals surface area contributed by atoms with Gasteiger partial charge in [0.05, 0.1) is 10.4 Å². The molecule has 1 heterocycles. The molecule has 0 bridgehead atoms. The van der Waals surface area contributed by atoms with Gasteiger partial charge in [-0.2, -0.15) is 0 Å². The number of amides is 1. The van der Waals surface area contributed by atoms with Gasteiger partial charge >= 0.3 is 12.1 Å². The Kier molecular flexibility index (Phi) is 7.42. The number of aliphatic hydroxyl groups excluding tert-OH is 1. The third kappa shape index (κ3) is 5.84. The number of thiophene rings is 1. The van der Waals surface area contributed by atoms with Crippen LogP contribution in [0.3, 0.4) is 0 Å². The third-order valence-corrected chi connectivity index (χ3v) is 4.94. The molecule has 134 valence electrons. The molecule has 2 rings (SSSR count). The fraction of sp³-hybridized carbons (Fsp3) is 0.294. The van der Waals surface area contributed by atoms with Crippen molar-refractivity contribution in [3.05, 3.63) is 56.7 Å². The number of nitrogens with one attached hydrogen (secondary N) is 1. The zero-order valence-electron chi connectivity index (χ0n) is 13.5. The molecule has 6 nitrogen and oxygen atoms in total. The van der Waals surface area contributed by atoms with E-state index in [4.69, 9.17) is 9.47 Å². The second-order valence-electron chi connectivity index (χ2n) is 5.02. The first-order valence-corrected chi connectivity index (χ1v) is 9.19. The Morgan fingerprint density at radius 3 is 2.52 bits per heavy atom. The van der Waals surface area contributed by atoms with Crippen molar-refractivity contribution in [1.29, 1.82) is 0 Å². The van der Waals surface area contributed by atoms with Gasteiger partial charge in [0, 0.05) is 4.88 Å². The highest BCUT2D eigenvalue weighted by molar-refractivity contribution is 9.11. The molecule has 0 saturated heterocycles. The smallest absolute Gasteiger partial charge is 0.408 e. The molecular formula is C17H18BrNO5S. The van der Waals surface area contributed by atoms with Crippen molar-refractivity contribution in [1.82, 2.24) is 5.32 Å².